The van der Waals surface area contributed by atoms with Crippen LogP contribution in [0.5, 0.6) is 0 Å². The molecule has 0 radical (unpaired) electrons. The average molecular weight is 230 g/mol. The van der Waals surface area contributed by atoms with Gasteiger partial charge in [-0.25, -0.2) is 0 Å². The average Bonchev–Trinajstić information content (AvgIpc) is 2.39. The van der Waals surface area contributed by atoms with Gasteiger partial charge in [-0.2, -0.15) is 0 Å². The van der Waals surface area contributed by atoms with Gasteiger partial charge >= 0.3 is 0 Å². The van der Waals surface area contributed by atoms with Crippen LogP contribution in [0.15, 0.2) is 22.8 Å². The van der Waals surface area contributed by atoms with Crippen LogP contribution in [0.2, 0.25) is 0 Å². The van der Waals surface area contributed by atoms with Crippen molar-refractivity contribution in [2.24, 2.45) is 11.8 Å². The largest absolute Gasteiger partial charge is 0.0727 e. The maximum absolute atomic E-state index is 2.50. The molecule has 3 rings (SSSR count). The van der Waals surface area contributed by atoms with Gasteiger partial charge in [0.1, 0.15) is 0 Å². The zero-order valence-electron chi connectivity index (χ0n) is 11.3. The molecule has 0 nitrogen and oxygen atoms in total. The maximum Gasteiger partial charge on any atom is -0.0276 e. The van der Waals surface area contributed by atoms with Gasteiger partial charge in [-0.05, 0) is 56.4 Å². The van der Waals surface area contributed by atoms with E-state index in [0.29, 0.717) is 0 Å². The van der Waals surface area contributed by atoms with Crippen LogP contribution in [0.1, 0.15) is 71.1 Å². The first-order valence-corrected chi connectivity index (χ1v) is 7.71. The van der Waals surface area contributed by atoms with Crippen LogP contribution in [0.4, 0.5) is 0 Å². The summed E-state index contributed by atoms with van der Waals surface area (Å²) in [6, 6.07) is 0. The zero-order chi connectivity index (χ0) is 11.7. The molecule has 0 aromatic rings. The predicted octanol–water partition coefficient (Wildman–Crippen LogP) is 5.40. The molecule has 0 saturated heterocycles. The van der Waals surface area contributed by atoms with Crippen molar-refractivity contribution < 1.29 is 0 Å². The minimum atomic E-state index is 1.04. The molecule has 0 spiro atoms. The molecule has 94 valence electrons. The number of hydrogen-bond acceptors (Lipinski definition) is 0. The van der Waals surface area contributed by atoms with Gasteiger partial charge in [-0.15, -0.1) is 0 Å². The Kier molecular flexibility index (Phi) is 3.40. The van der Waals surface area contributed by atoms with Gasteiger partial charge in [0, 0.05) is 0 Å². The molecule has 1 saturated carbocycles. The Balaban J connectivity index is 1.68. The fourth-order valence-corrected chi connectivity index (χ4v) is 4.23. The van der Waals surface area contributed by atoms with E-state index in [0.717, 1.165) is 11.8 Å². The number of hydrogen-bond donors (Lipinski definition) is 0. The SMILES string of the molecule is CC1=CC2=C(CC1)CC(C1CCCCC1)CC2. The summed E-state index contributed by atoms with van der Waals surface area (Å²) in [5.41, 5.74) is 5.16. The Morgan fingerprint density at radius 3 is 2.53 bits per heavy atom. The molecule has 3 aliphatic carbocycles. The summed E-state index contributed by atoms with van der Waals surface area (Å²) in [6.07, 6.45) is 17.1. The number of allylic oxidation sites excluding steroid dienone is 4. The highest BCUT2D eigenvalue weighted by molar-refractivity contribution is 5.34. The maximum atomic E-state index is 2.50. The molecule has 0 bridgehead atoms. The van der Waals surface area contributed by atoms with Crippen molar-refractivity contribution in [3.63, 3.8) is 0 Å². The fraction of sp³-hybridized carbons (Fsp3) is 0.765. The lowest BCUT2D eigenvalue weighted by Crippen LogP contribution is -2.22. The van der Waals surface area contributed by atoms with Crippen molar-refractivity contribution in [2.75, 3.05) is 0 Å². The summed E-state index contributed by atoms with van der Waals surface area (Å²) in [5, 5.41) is 0. The first-order chi connectivity index (χ1) is 8.33. The number of rotatable bonds is 1. The van der Waals surface area contributed by atoms with Crippen LogP contribution in [-0.4, -0.2) is 0 Å². The Hall–Kier alpha value is -0.520. The predicted molar refractivity (Wildman–Crippen MR) is 73.9 cm³/mol. The van der Waals surface area contributed by atoms with E-state index in [-0.39, 0.29) is 0 Å². The first kappa shape index (κ1) is 11.6. The molecule has 17 heavy (non-hydrogen) atoms. The van der Waals surface area contributed by atoms with Crippen LogP contribution in [0, 0.1) is 11.8 Å². The van der Waals surface area contributed by atoms with E-state index in [1.165, 1.54) is 64.2 Å². The van der Waals surface area contributed by atoms with Crippen LogP contribution in [0.3, 0.4) is 0 Å². The molecule has 0 heterocycles. The third-order valence-corrected chi connectivity index (χ3v) is 5.31. The molecular formula is C17H26. The van der Waals surface area contributed by atoms with Crippen molar-refractivity contribution in [1.29, 1.82) is 0 Å². The van der Waals surface area contributed by atoms with Crippen molar-refractivity contribution >= 4 is 0 Å². The summed E-state index contributed by atoms with van der Waals surface area (Å²) >= 11 is 0. The lowest BCUT2D eigenvalue weighted by atomic mass is 9.70. The normalized spacial score (nSPS) is 31.1. The summed E-state index contributed by atoms with van der Waals surface area (Å²) in [4.78, 5) is 0. The summed E-state index contributed by atoms with van der Waals surface area (Å²) in [6.45, 7) is 2.30. The highest BCUT2D eigenvalue weighted by Crippen LogP contribution is 2.43. The highest BCUT2D eigenvalue weighted by atomic mass is 14.3. The van der Waals surface area contributed by atoms with Crippen molar-refractivity contribution in [3.8, 4) is 0 Å². The van der Waals surface area contributed by atoms with E-state index in [9.17, 15) is 0 Å². The highest BCUT2D eigenvalue weighted by Gasteiger charge is 2.28. The van der Waals surface area contributed by atoms with E-state index < -0.39 is 0 Å². The second-order valence-corrected chi connectivity index (χ2v) is 6.52. The van der Waals surface area contributed by atoms with Crippen LogP contribution < -0.4 is 0 Å². The van der Waals surface area contributed by atoms with Crippen LogP contribution in [0.25, 0.3) is 0 Å². The van der Waals surface area contributed by atoms with Crippen LogP contribution in [-0.2, 0) is 0 Å². The monoisotopic (exact) mass is 230 g/mol. The molecule has 0 aromatic carbocycles. The third-order valence-electron chi connectivity index (χ3n) is 5.31. The van der Waals surface area contributed by atoms with E-state index in [4.69, 9.17) is 0 Å². The topological polar surface area (TPSA) is 0 Å². The Labute approximate surface area is 106 Å². The molecule has 0 aromatic heterocycles. The lowest BCUT2D eigenvalue weighted by molar-refractivity contribution is 0.226. The zero-order valence-corrected chi connectivity index (χ0v) is 11.3. The molecule has 0 amide bonds. The Morgan fingerprint density at radius 1 is 0.882 bits per heavy atom. The van der Waals surface area contributed by atoms with Gasteiger partial charge in [0.2, 0.25) is 0 Å². The second kappa shape index (κ2) is 5.00. The molecule has 1 atom stereocenters. The lowest BCUT2D eigenvalue weighted by Gasteiger charge is -2.36. The summed E-state index contributed by atoms with van der Waals surface area (Å²) in [5.74, 6) is 2.12. The molecule has 0 heteroatoms. The summed E-state index contributed by atoms with van der Waals surface area (Å²) < 4.78 is 0. The molecule has 3 aliphatic rings. The van der Waals surface area contributed by atoms with Gasteiger partial charge in [0.25, 0.3) is 0 Å². The van der Waals surface area contributed by atoms with Gasteiger partial charge in [0.05, 0.1) is 0 Å². The van der Waals surface area contributed by atoms with Gasteiger partial charge in [-0.1, -0.05) is 49.3 Å². The van der Waals surface area contributed by atoms with Crippen molar-refractivity contribution in [2.45, 2.75) is 71.1 Å². The van der Waals surface area contributed by atoms with Crippen LogP contribution >= 0.6 is 0 Å². The minimum Gasteiger partial charge on any atom is -0.0727 e. The van der Waals surface area contributed by atoms with E-state index in [1.54, 1.807) is 11.1 Å². The van der Waals surface area contributed by atoms with E-state index in [1.807, 2.05) is 5.57 Å². The Bertz CT molecular complexity index is 339. The Morgan fingerprint density at radius 2 is 1.71 bits per heavy atom. The quantitative estimate of drug-likeness (QED) is 0.565. The second-order valence-electron chi connectivity index (χ2n) is 6.52. The van der Waals surface area contributed by atoms with E-state index >= 15 is 0 Å². The first-order valence-electron chi connectivity index (χ1n) is 7.71. The standard InChI is InChI=1S/C17H26/c1-13-7-8-17-12-16(10-9-15(17)11-13)14-5-3-2-4-6-14/h11,14,16H,2-10,12H2,1H3. The molecule has 1 fully saturated rings. The molecule has 0 N–H and O–H groups in total. The van der Waals surface area contributed by atoms with Gasteiger partial charge in [0.15, 0.2) is 0 Å². The molecule has 0 aliphatic heterocycles. The van der Waals surface area contributed by atoms with Gasteiger partial charge in [-0.3, -0.25) is 0 Å². The fourth-order valence-electron chi connectivity index (χ4n) is 4.23. The third kappa shape index (κ3) is 2.51. The smallest absolute Gasteiger partial charge is 0.0276 e. The van der Waals surface area contributed by atoms with Crippen molar-refractivity contribution in [1.82, 2.24) is 0 Å². The molecular weight excluding hydrogens is 204 g/mol. The van der Waals surface area contributed by atoms with Crippen molar-refractivity contribution in [3.05, 3.63) is 22.8 Å². The molecule has 1 unspecified atom stereocenters. The van der Waals surface area contributed by atoms with Gasteiger partial charge < -0.3 is 0 Å². The summed E-state index contributed by atoms with van der Waals surface area (Å²) in [7, 11) is 0. The van der Waals surface area contributed by atoms with E-state index in [2.05, 4.69) is 13.0 Å². The minimum absolute atomic E-state index is 1.04.